The lowest BCUT2D eigenvalue weighted by atomic mass is 10.4. The van der Waals surface area contributed by atoms with Crippen molar-refractivity contribution in [2.45, 2.75) is 16.0 Å². The first-order chi connectivity index (χ1) is 7.51. The van der Waals surface area contributed by atoms with Crippen LogP contribution in [0.1, 0.15) is 5.69 Å². The van der Waals surface area contributed by atoms with E-state index in [9.17, 15) is 12.8 Å². The number of halogens is 1. The van der Waals surface area contributed by atoms with Crippen molar-refractivity contribution in [2.75, 3.05) is 0 Å². The van der Waals surface area contributed by atoms with Crippen molar-refractivity contribution in [1.82, 2.24) is 9.59 Å². The Balaban J connectivity index is 2.56. The maximum Gasteiger partial charge on any atom is 0.219 e. The second-order valence-corrected chi connectivity index (χ2v) is 6.00. The third-order valence-electron chi connectivity index (χ3n) is 1.98. The van der Waals surface area contributed by atoms with Gasteiger partial charge in [-0.15, -0.1) is 5.10 Å². The summed E-state index contributed by atoms with van der Waals surface area (Å²) >= 11 is 0.813. The van der Waals surface area contributed by atoms with Gasteiger partial charge in [-0.2, -0.15) is 0 Å². The molecule has 0 unspecified atom stereocenters. The molecule has 0 saturated carbocycles. The molecule has 2 rings (SSSR count). The Morgan fingerprint density at radius 1 is 1.25 bits per heavy atom. The fraction of sp³-hybridized carbons (Fsp3) is 0.111. The Labute approximate surface area is 95.8 Å². The molecule has 16 heavy (non-hydrogen) atoms. The zero-order valence-corrected chi connectivity index (χ0v) is 9.85. The van der Waals surface area contributed by atoms with E-state index in [1.165, 1.54) is 12.1 Å². The monoisotopic (exact) mass is 258 g/mol. The molecule has 0 aliphatic heterocycles. The van der Waals surface area contributed by atoms with Gasteiger partial charge >= 0.3 is 0 Å². The normalized spacial score (nSPS) is 11.6. The van der Waals surface area contributed by atoms with Crippen molar-refractivity contribution >= 4 is 21.4 Å². The highest BCUT2D eigenvalue weighted by Gasteiger charge is 2.23. The molecule has 0 N–H and O–H groups in total. The average Bonchev–Trinajstić information content (AvgIpc) is 2.66. The number of hydrogen-bond donors (Lipinski definition) is 0. The molecule has 4 nitrogen and oxygen atoms in total. The largest absolute Gasteiger partial charge is 0.219 e. The van der Waals surface area contributed by atoms with Gasteiger partial charge in [-0.1, -0.05) is 4.49 Å². The van der Waals surface area contributed by atoms with Crippen LogP contribution in [0.2, 0.25) is 0 Å². The van der Waals surface area contributed by atoms with E-state index in [0.29, 0.717) is 5.69 Å². The lowest BCUT2D eigenvalue weighted by Gasteiger charge is -2.01. The molecule has 84 valence electrons. The summed E-state index contributed by atoms with van der Waals surface area (Å²) in [6.45, 7) is 1.57. The molecule has 0 aliphatic rings. The van der Waals surface area contributed by atoms with Gasteiger partial charge < -0.3 is 0 Å². The van der Waals surface area contributed by atoms with Gasteiger partial charge in [0.2, 0.25) is 9.84 Å². The zero-order chi connectivity index (χ0) is 11.8. The van der Waals surface area contributed by atoms with Crippen LogP contribution in [-0.4, -0.2) is 18.0 Å². The lowest BCUT2D eigenvalue weighted by molar-refractivity contribution is 0.596. The molecule has 0 saturated heterocycles. The summed E-state index contributed by atoms with van der Waals surface area (Å²) in [5.41, 5.74) is 0.356. The van der Waals surface area contributed by atoms with Crippen molar-refractivity contribution in [1.29, 1.82) is 0 Å². The molecule has 1 aromatic carbocycles. The molecule has 0 bridgehead atoms. The third kappa shape index (κ3) is 1.83. The number of sulfone groups is 1. The third-order valence-corrected chi connectivity index (χ3v) is 5.16. The molecule has 0 fully saturated rings. The summed E-state index contributed by atoms with van der Waals surface area (Å²) in [6.07, 6.45) is 0. The topological polar surface area (TPSA) is 59.9 Å². The maximum absolute atomic E-state index is 12.7. The average molecular weight is 258 g/mol. The van der Waals surface area contributed by atoms with Gasteiger partial charge in [-0.25, -0.2) is 12.8 Å². The smallest absolute Gasteiger partial charge is 0.218 e. The molecule has 1 aromatic heterocycles. The number of hydrogen-bond acceptors (Lipinski definition) is 5. The second kappa shape index (κ2) is 3.91. The molecule has 0 amide bonds. The van der Waals surface area contributed by atoms with Crippen LogP contribution < -0.4 is 0 Å². The molecule has 2 aromatic rings. The van der Waals surface area contributed by atoms with E-state index in [1.807, 2.05) is 0 Å². The summed E-state index contributed by atoms with van der Waals surface area (Å²) in [7, 11) is -3.62. The lowest BCUT2D eigenvalue weighted by Crippen LogP contribution is -2.01. The summed E-state index contributed by atoms with van der Waals surface area (Å²) in [6, 6.07) is 4.67. The van der Waals surface area contributed by atoms with Crippen LogP contribution in [0.4, 0.5) is 4.39 Å². The molecule has 0 aliphatic carbocycles. The predicted molar refractivity (Wildman–Crippen MR) is 56.5 cm³/mol. The van der Waals surface area contributed by atoms with Gasteiger partial charge in [0, 0.05) is 11.5 Å². The summed E-state index contributed by atoms with van der Waals surface area (Å²) in [5.74, 6) is -0.474. The highest BCUT2D eigenvalue weighted by atomic mass is 32.2. The Morgan fingerprint density at radius 3 is 2.38 bits per heavy atom. The van der Waals surface area contributed by atoms with Gasteiger partial charge in [-0.05, 0) is 31.2 Å². The summed E-state index contributed by atoms with van der Waals surface area (Å²) in [4.78, 5) is 0.0445. The van der Waals surface area contributed by atoms with Crippen LogP contribution in [0.15, 0.2) is 33.4 Å². The van der Waals surface area contributed by atoms with Gasteiger partial charge in [0.25, 0.3) is 0 Å². The molecule has 1 heterocycles. The van der Waals surface area contributed by atoms with E-state index in [4.69, 9.17) is 0 Å². The van der Waals surface area contributed by atoms with Gasteiger partial charge in [-0.3, -0.25) is 0 Å². The number of aromatic nitrogens is 2. The minimum absolute atomic E-state index is 0.0445. The van der Waals surface area contributed by atoms with Crippen molar-refractivity contribution in [2.24, 2.45) is 0 Å². The first-order valence-electron chi connectivity index (χ1n) is 4.31. The Hall–Kier alpha value is -1.34. The SMILES string of the molecule is Cc1nnsc1S(=O)(=O)c1ccc(F)cc1. The summed E-state index contributed by atoms with van der Waals surface area (Å²) in [5, 5.41) is 3.64. The van der Waals surface area contributed by atoms with Gasteiger partial charge in [0.15, 0.2) is 4.21 Å². The number of nitrogens with zero attached hydrogens (tertiary/aromatic N) is 2. The Kier molecular flexibility index (Phi) is 2.73. The molecular formula is C9H7FN2O2S2. The van der Waals surface area contributed by atoms with Crippen LogP contribution in [0.25, 0.3) is 0 Å². The van der Waals surface area contributed by atoms with Gasteiger partial charge in [0.05, 0.1) is 10.6 Å². The van der Waals surface area contributed by atoms with E-state index in [-0.39, 0.29) is 9.10 Å². The van der Waals surface area contributed by atoms with E-state index >= 15 is 0 Å². The van der Waals surface area contributed by atoms with E-state index in [1.54, 1.807) is 6.92 Å². The van der Waals surface area contributed by atoms with Crippen LogP contribution in [-0.2, 0) is 9.84 Å². The van der Waals surface area contributed by atoms with Crippen molar-refractivity contribution in [3.8, 4) is 0 Å². The molecule has 0 spiro atoms. The molecule has 0 radical (unpaired) electrons. The van der Waals surface area contributed by atoms with Crippen molar-refractivity contribution < 1.29 is 12.8 Å². The number of aryl methyl sites for hydroxylation is 1. The van der Waals surface area contributed by atoms with E-state index in [0.717, 1.165) is 23.7 Å². The Morgan fingerprint density at radius 2 is 1.88 bits per heavy atom. The van der Waals surface area contributed by atoms with Crippen LogP contribution in [0.3, 0.4) is 0 Å². The molecule has 7 heteroatoms. The number of benzene rings is 1. The standard InChI is InChI=1S/C9H7FN2O2S2/c1-6-9(15-12-11-6)16(13,14)8-4-2-7(10)3-5-8/h2-5H,1H3. The number of rotatable bonds is 2. The van der Waals surface area contributed by atoms with E-state index < -0.39 is 15.7 Å². The molecular weight excluding hydrogens is 251 g/mol. The Bertz CT molecular complexity index is 605. The van der Waals surface area contributed by atoms with Crippen LogP contribution >= 0.6 is 11.5 Å². The van der Waals surface area contributed by atoms with Gasteiger partial charge in [0.1, 0.15) is 5.82 Å². The quantitative estimate of drug-likeness (QED) is 0.771. The summed E-state index contributed by atoms with van der Waals surface area (Å²) < 4.78 is 40.4. The predicted octanol–water partition coefficient (Wildman–Crippen LogP) is 1.82. The first kappa shape index (κ1) is 11.2. The van der Waals surface area contributed by atoms with Crippen molar-refractivity contribution in [3.05, 3.63) is 35.8 Å². The maximum atomic E-state index is 12.7. The second-order valence-electron chi connectivity index (χ2n) is 3.10. The fourth-order valence-corrected chi connectivity index (χ4v) is 3.52. The van der Waals surface area contributed by atoms with Crippen LogP contribution in [0.5, 0.6) is 0 Å². The first-order valence-corrected chi connectivity index (χ1v) is 6.57. The fourth-order valence-electron chi connectivity index (χ4n) is 1.19. The zero-order valence-electron chi connectivity index (χ0n) is 8.21. The van der Waals surface area contributed by atoms with Crippen molar-refractivity contribution in [3.63, 3.8) is 0 Å². The van der Waals surface area contributed by atoms with Crippen LogP contribution in [0, 0.1) is 12.7 Å². The minimum atomic E-state index is -3.62. The molecule has 0 atom stereocenters. The highest BCUT2D eigenvalue weighted by Crippen LogP contribution is 2.25. The highest BCUT2D eigenvalue weighted by molar-refractivity contribution is 7.93. The van der Waals surface area contributed by atoms with E-state index in [2.05, 4.69) is 9.59 Å². The minimum Gasteiger partial charge on any atom is -0.218 e.